The van der Waals surface area contributed by atoms with Crippen LogP contribution < -0.4 is 19.3 Å². The van der Waals surface area contributed by atoms with Crippen LogP contribution in [0.4, 0.5) is 34.1 Å². The SMILES string of the molecule is COc1ccc(N(c2ccccc2)c2ccc3c(c2)C(c2ccccc2)(c2ccccc2)c2cc(N(c4ccccc4)c4ccc(OC)cc4C)ccc2-3)c(C)c1. The van der Waals surface area contributed by atoms with E-state index in [0.717, 1.165) is 56.8 Å². The fourth-order valence-corrected chi connectivity index (χ4v) is 8.76. The third-order valence-corrected chi connectivity index (χ3v) is 11.4. The zero-order valence-corrected chi connectivity index (χ0v) is 32.7. The molecule has 278 valence electrons. The quantitative estimate of drug-likeness (QED) is 0.139. The lowest BCUT2D eigenvalue weighted by atomic mass is 9.67. The molecule has 0 aromatic heterocycles. The molecule has 0 N–H and O–H groups in total. The van der Waals surface area contributed by atoms with Gasteiger partial charge in [0.1, 0.15) is 11.5 Å². The van der Waals surface area contributed by atoms with E-state index >= 15 is 0 Å². The number of rotatable bonds is 10. The number of nitrogens with zero attached hydrogens (tertiary/aromatic N) is 2. The van der Waals surface area contributed by atoms with E-state index in [1.54, 1.807) is 14.2 Å². The molecule has 0 bridgehead atoms. The molecule has 0 spiro atoms. The lowest BCUT2D eigenvalue weighted by molar-refractivity contribution is 0.414. The third kappa shape index (κ3) is 6.11. The summed E-state index contributed by atoms with van der Waals surface area (Å²) in [6.07, 6.45) is 0. The Morgan fingerprint density at radius 3 is 1.09 bits per heavy atom. The van der Waals surface area contributed by atoms with Gasteiger partial charge >= 0.3 is 0 Å². The predicted octanol–water partition coefficient (Wildman–Crippen LogP) is 13.6. The lowest BCUT2D eigenvalue weighted by Gasteiger charge is -2.36. The maximum Gasteiger partial charge on any atom is 0.119 e. The predicted molar refractivity (Wildman–Crippen MR) is 236 cm³/mol. The molecule has 1 aliphatic carbocycles. The molecule has 0 aliphatic heterocycles. The first-order chi connectivity index (χ1) is 28.0. The summed E-state index contributed by atoms with van der Waals surface area (Å²) < 4.78 is 11.3. The van der Waals surface area contributed by atoms with E-state index in [0.29, 0.717) is 0 Å². The first-order valence-corrected chi connectivity index (χ1v) is 19.4. The molecule has 0 saturated heterocycles. The minimum atomic E-state index is -0.631. The van der Waals surface area contributed by atoms with Gasteiger partial charge < -0.3 is 19.3 Å². The Morgan fingerprint density at radius 2 is 0.737 bits per heavy atom. The molecule has 8 aromatic carbocycles. The van der Waals surface area contributed by atoms with Crippen LogP contribution in [-0.4, -0.2) is 14.2 Å². The number of para-hydroxylation sites is 2. The normalized spacial score (nSPS) is 12.4. The molecular formula is C53H44N2O2. The molecule has 4 nitrogen and oxygen atoms in total. The summed E-state index contributed by atoms with van der Waals surface area (Å²) in [6.45, 7) is 4.31. The standard InChI is InChI=1S/C53H44N2O2/c1-37-33-45(56-3)27-31-51(37)54(41-21-13-7-14-22-41)43-25-29-47-48-30-26-44(55(42-23-15-8-16-24-42)52-32-28-46(57-4)34-38(52)2)36-50(48)53(49(47)35-43,39-17-9-5-10-18-39)40-19-11-6-12-20-40/h5-36H,1-4H3. The number of aryl methyl sites for hydroxylation is 2. The largest absolute Gasteiger partial charge is 0.497 e. The molecular weight excluding hydrogens is 697 g/mol. The second kappa shape index (κ2) is 14.9. The van der Waals surface area contributed by atoms with Gasteiger partial charge in [-0.05, 0) is 143 Å². The van der Waals surface area contributed by atoms with Gasteiger partial charge in [-0.15, -0.1) is 0 Å². The highest BCUT2D eigenvalue weighted by molar-refractivity contribution is 5.92. The molecule has 0 radical (unpaired) electrons. The Kier molecular flexibility index (Phi) is 9.31. The lowest BCUT2D eigenvalue weighted by Crippen LogP contribution is -2.29. The van der Waals surface area contributed by atoms with Crippen LogP contribution in [0.2, 0.25) is 0 Å². The van der Waals surface area contributed by atoms with Crippen molar-refractivity contribution < 1.29 is 9.47 Å². The average Bonchev–Trinajstić information content (AvgIpc) is 3.56. The van der Waals surface area contributed by atoms with Gasteiger partial charge in [-0.1, -0.05) is 109 Å². The number of hydrogen-bond donors (Lipinski definition) is 0. The molecule has 4 heteroatoms. The van der Waals surface area contributed by atoms with Crippen LogP contribution in [0.1, 0.15) is 33.4 Å². The number of anilines is 6. The maximum absolute atomic E-state index is 5.63. The number of methoxy groups -OCH3 is 2. The number of ether oxygens (including phenoxy) is 2. The minimum Gasteiger partial charge on any atom is -0.497 e. The molecule has 8 aromatic rings. The maximum atomic E-state index is 5.63. The Labute approximate surface area is 335 Å². The van der Waals surface area contributed by atoms with Crippen molar-refractivity contribution in [3.05, 3.63) is 228 Å². The fourth-order valence-electron chi connectivity index (χ4n) is 8.76. The van der Waals surface area contributed by atoms with Gasteiger partial charge in [-0.25, -0.2) is 0 Å². The summed E-state index contributed by atoms with van der Waals surface area (Å²) >= 11 is 0. The van der Waals surface area contributed by atoms with Crippen molar-refractivity contribution in [2.75, 3.05) is 24.0 Å². The molecule has 0 amide bonds. The third-order valence-electron chi connectivity index (χ3n) is 11.4. The summed E-state index contributed by atoms with van der Waals surface area (Å²) in [6, 6.07) is 70.0. The van der Waals surface area contributed by atoms with E-state index < -0.39 is 5.41 Å². The fraction of sp³-hybridized carbons (Fsp3) is 0.0943. The van der Waals surface area contributed by atoms with Gasteiger partial charge in [-0.3, -0.25) is 0 Å². The molecule has 0 unspecified atom stereocenters. The van der Waals surface area contributed by atoms with Crippen LogP contribution >= 0.6 is 0 Å². The number of hydrogen-bond acceptors (Lipinski definition) is 4. The van der Waals surface area contributed by atoms with Crippen molar-refractivity contribution in [1.82, 2.24) is 0 Å². The van der Waals surface area contributed by atoms with Crippen LogP contribution in [0.25, 0.3) is 11.1 Å². The monoisotopic (exact) mass is 740 g/mol. The summed E-state index contributed by atoms with van der Waals surface area (Å²) in [4.78, 5) is 4.74. The highest BCUT2D eigenvalue weighted by atomic mass is 16.5. The van der Waals surface area contributed by atoms with Crippen molar-refractivity contribution in [1.29, 1.82) is 0 Å². The average molecular weight is 741 g/mol. The van der Waals surface area contributed by atoms with Crippen LogP contribution in [0, 0.1) is 13.8 Å². The Hall–Kier alpha value is -7.04. The van der Waals surface area contributed by atoms with Crippen molar-refractivity contribution in [2.45, 2.75) is 19.3 Å². The molecule has 9 rings (SSSR count). The second-order valence-corrected chi connectivity index (χ2v) is 14.6. The molecule has 1 aliphatic rings. The van der Waals surface area contributed by atoms with E-state index in [1.807, 2.05) is 12.1 Å². The van der Waals surface area contributed by atoms with Crippen molar-refractivity contribution in [3.8, 4) is 22.6 Å². The van der Waals surface area contributed by atoms with Gasteiger partial charge in [0.05, 0.1) is 19.6 Å². The van der Waals surface area contributed by atoms with Crippen LogP contribution in [0.15, 0.2) is 194 Å². The van der Waals surface area contributed by atoms with E-state index in [9.17, 15) is 0 Å². The number of fused-ring (bicyclic) bond motifs is 3. The summed E-state index contributed by atoms with van der Waals surface area (Å²) in [5.74, 6) is 1.68. The molecule has 0 saturated carbocycles. The zero-order valence-electron chi connectivity index (χ0n) is 32.7. The molecule has 0 heterocycles. The second-order valence-electron chi connectivity index (χ2n) is 14.6. The molecule has 0 fully saturated rings. The topological polar surface area (TPSA) is 24.9 Å². The minimum absolute atomic E-state index is 0.631. The van der Waals surface area contributed by atoms with E-state index in [-0.39, 0.29) is 0 Å². The molecule has 57 heavy (non-hydrogen) atoms. The van der Waals surface area contributed by atoms with E-state index in [4.69, 9.17) is 9.47 Å². The van der Waals surface area contributed by atoms with Gasteiger partial charge in [-0.2, -0.15) is 0 Å². The van der Waals surface area contributed by atoms with Crippen LogP contribution in [0.5, 0.6) is 11.5 Å². The Balaban J connectivity index is 1.33. The Bertz CT molecular complexity index is 2490. The Morgan fingerprint density at radius 1 is 0.368 bits per heavy atom. The summed E-state index contributed by atoms with van der Waals surface area (Å²) in [5, 5.41) is 0. The van der Waals surface area contributed by atoms with Gasteiger partial charge in [0.15, 0.2) is 0 Å². The van der Waals surface area contributed by atoms with E-state index in [1.165, 1.54) is 33.4 Å². The highest BCUT2D eigenvalue weighted by Gasteiger charge is 2.47. The summed E-state index contributed by atoms with van der Waals surface area (Å²) in [5.41, 5.74) is 15.5. The van der Waals surface area contributed by atoms with Crippen LogP contribution in [-0.2, 0) is 5.41 Å². The van der Waals surface area contributed by atoms with Crippen molar-refractivity contribution >= 4 is 34.1 Å². The van der Waals surface area contributed by atoms with Gasteiger partial charge in [0.25, 0.3) is 0 Å². The van der Waals surface area contributed by atoms with Gasteiger partial charge in [0, 0.05) is 34.1 Å². The highest BCUT2D eigenvalue weighted by Crippen LogP contribution is 2.58. The van der Waals surface area contributed by atoms with Crippen molar-refractivity contribution in [2.24, 2.45) is 0 Å². The zero-order chi connectivity index (χ0) is 38.9. The molecule has 0 atom stereocenters. The first-order valence-electron chi connectivity index (χ1n) is 19.4. The smallest absolute Gasteiger partial charge is 0.119 e. The number of benzene rings is 8. The van der Waals surface area contributed by atoms with E-state index in [2.05, 4.69) is 206 Å². The van der Waals surface area contributed by atoms with Gasteiger partial charge in [0.2, 0.25) is 0 Å². The van der Waals surface area contributed by atoms with Crippen LogP contribution in [0.3, 0.4) is 0 Å². The van der Waals surface area contributed by atoms with Crippen molar-refractivity contribution in [3.63, 3.8) is 0 Å². The first kappa shape index (κ1) is 35.6. The summed E-state index contributed by atoms with van der Waals surface area (Å²) in [7, 11) is 3.44.